The molecule has 0 unspecified atom stereocenters. The Balaban J connectivity index is 1.72. The first-order chi connectivity index (χ1) is 11.1. The van der Waals surface area contributed by atoms with Crippen LogP contribution in [0.15, 0.2) is 41.3 Å². The molecule has 120 valence electrons. The molecule has 0 amide bonds. The zero-order valence-electron chi connectivity index (χ0n) is 12.5. The van der Waals surface area contributed by atoms with Crippen molar-refractivity contribution < 1.29 is 17.9 Å². The van der Waals surface area contributed by atoms with Gasteiger partial charge in [0.2, 0.25) is 10.0 Å². The van der Waals surface area contributed by atoms with Crippen LogP contribution in [0.5, 0.6) is 11.5 Å². The van der Waals surface area contributed by atoms with Crippen molar-refractivity contribution in [3.8, 4) is 11.5 Å². The maximum absolute atomic E-state index is 12.9. The van der Waals surface area contributed by atoms with E-state index in [0.717, 1.165) is 16.7 Å². The molecule has 0 bridgehead atoms. The zero-order chi connectivity index (χ0) is 15.9. The minimum absolute atomic E-state index is 0.252. The molecule has 0 atom stereocenters. The molecule has 6 heteroatoms. The lowest BCUT2D eigenvalue weighted by molar-refractivity contribution is 0.347. The molecule has 0 radical (unpaired) electrons. The van der Waals surface area contributed by atoms with Crippen molar-refractivity contribution in [2.75, 3.05) is 13.2 Å². The Hall–Kier alpha value is -2.05. The van der Waals surface area contributed by atoms with Gasteiger partial charge in [-0.2, -0.15) is 0 Å². The summed E-state index contributed by atoms with van der Waals surface area (Å²) in [5.41, 5.74) is 2.55. The first kappa shape index (κ1) is 14.5. The average Bonchev–Trinajstić information content (AvgIpc) is 3.19. The van der Waals surface area contributed by atoms with E-state index in [4.69, 9.17) is 9.47 Å². The summed E-state index contributed by atoms with van der Waals surface area (Å²) in [5.74, 6) is 1.17. The van der Waals surface area contributed by atoms with Crippen LogP contribution in [0, 0.1) is 0 Å². The van der Waals surface area contributed by atoms with Crippen LogP contribution in [0.1, 0.15) is 16.7 Å². The van der Waals surface area contributed by atoms with Crippen molar-refractivity contribution in [2.45, 2.75) is 24.3 Å². The van der Waals surface area contributed by atoms with Crippen molar-refractivity contribution in [3.05, 3.63) is 53.1 Å². The lowest BCUT2D eigenvalue weighted by Gasteiger charge is -2.14. The molecule has 2 aliphatic heterocycles. The predicted molar refractivity (Wildman–Crippen MR) is 85.3 cm³/mol. The van der Waals surface area contributed by atoms with Crippen LogP contribution in [-0.4, -0.2) is 21.6 Å². The number of sulfonamides is 1. The number of ether oxygens (including phenoxy) is 2. The van der Waals surface area contributed by atoms with Gasteiger partial charge in [-0.05, 0) is 11.6 Å². The fourth-order valence-electron chi connectivity index (χ4n) is 3.07. The summed E-state index contributed by atoms with van der Waals surface area (Å²) in [6, 6.07) is 11.4. The lowest BCUT2D eigenvalue weighted by Crippen LogP contribution is -2.24. The molecule has 1 N–H and O–H groups in total. The highest BCUT2D eigenvalue weighted by molar-refractivity contribution is 7.89. The molecule has 0 aliphatic carbocycles. The molecule has 2 aromatic carbocycles. The molecule has 2 aliphatic rings. The van der Waals surface area contributed by atoms with Crippen molar-refractivity contribution in [2.24, 2.45) is 0 Å². The first-order valence-corrected chi connectivity index (χ1v) is 9.11. The molecule has 2 heterocycles. The number of hydrogen-bond donors (Lipinski definition) is 1. The predicted octanol–water partition coefficient (Wildman–Crippen LogP) is 2.03. The topological polar surface area (TPSA) is 64.6 Å². The fourth-order valence-corrected chi connectivity index (χ4v) is 4.53. The molecule has 2 aromatic rings. The average molecular weight is 331 g/mol. The quantitative estimate of drug-likeness (QED) is 0.931. The lowest BCUT2D eigenvalue weighted by atomic mass is 10.1. The number of hydrogen-bond acceptors (Lipinski definition) is 4. The van der Waals surface area contributed by atoms with Crippen molar-refractivity contribution in [1.82, 2.24) is 4.72 Å². The maximum Gasteiger partial charge on any atom is 0.244 e. The minimum Gasteiger partial charge on any atom is -0.493 e. The molecule has 0 spiro atoms. The molecule has 4 rings (SSSR count). The van der Waals surface area contributed by atoms with Crippen LogP contribution in [0.4, 0.5) is 0 Å². The van der Waals surface area contributed by atoms with Gasteiger partial charge in [-0.25, -0.2) is 13.1 Å². The van der Waals surface area contributed by atoms with Crippen molar-refractivity contribution >= 4 is 10.0 Å². The van der Waals surface area contributed by atoms with E-state index in [2.05, 4.69) is 4.72 Å². The molecule has 0 aromatic heterocycles. The van der Waals surface area contributed by atoms with E-state index in [1.54, 1.807) is 0 Å². The Kier molecular flexibility index (Phi) is 3.50. The molecular formula is C17H17NO4S. The van der Waals surface area contributed by atoms with Crippen LogP contribution >= 0.6 is 0 Å². The van der Waals surface area contributed by atoms with Crippen LogP contribution in [-0.2, 0) is 29.4 Å². The maximum atomic E-state index is 12.9. The SMILES string of the molecule is O=S(=O)(NCc1ccccc1)c1c2c(cc3c1OCC3)OCC2. The summed E-state index contributed by atoms with van der Waals surface area (Å²) in [6.07, 6.45) is 1.31. The fraction of sp³-hybridized carbons (Fsp3) is 0.294. The Labute approximate surface area is 135 Å². The summed E-state index contributed by atoms with van der Waals surface area (Å²) >= 11 is 0. The third-order valence-electron chi connectivity index (χ3n) is 4.18. The first-order valence-electron chi connectivity index (χ1n) is 7.63. The van der Waals surface area contributed by atoms with E-state index in [1.807, 2.05) is 36.4 Å². The normalized spacial score (nSPS) is 15.7. The molecule has 5 nitrogen and oxygen atoms in total. The van der Waals surface area contributed by atoms with Gasteiger partial charge >= 0.3 is 0 Å². The highest BCUT2D eigenvalue weighted by atomic mass is 32.2. The standard InChI is InChI=1S/C17H17NO4S/c19-23(20,18-11-12-4-2-1-3-5-12)17-14-7-9-21-15(14)10-13-6-8-22-16(13)17/h1-5,10,18H,6-9,11H2. The summed E-state index contributed by atoms with van der Waals surface area (Å²) in [7, 11) is -3.66. The van der Waals surface area contributed by atoms with Gasteiger partial charge in [-0.1, -0.05) is 30.3 Å². The van der Waals surface area contributed by atoms with Gasteiger partial charge in [0.1, 0.15) is 16.4 Å². The number of benzene rings is 2. The molecule has 0 fully saturated rings. The summed E-state index contributed by atoms with van der Waals surface area (Å²) < 4.78 is 39.6. The van der Waals surface area contributed by atoms with Gasteiger partial charge in [0, 0.05) is 30.5 Å². The number of nitrogens with one attached hydrogen (secondary N) is 1. The Morgan fingerprint density at radius 2 is 1.83 bits per heavy atom. The highest BCUT2D eigenvalue weighted by Gasteiger charge is 2.33. The molecule has 23 heavy (non-hydrogen) atoms. The van der Waals surface area contributed by atoms with Crippen LogP contribution < -0.4 is 14.2 Å². The largest absolute Gasteiger partial charge is 0.493 e. The van der Waals surface area contributed by atoms with Crippen LogP contribution in [0.3, 0.4) is 0 Å². The Bertz CT molecular complexity index is 814. The van der Waals surface area contributed by atoms with Gasteiger partial charge in [-0.3, -0.25) is 0 Å². The second-order valence-corrected chi connectivity index (χ2v) is 7.38. The van der Waals surface area contributed by atoms with Gasteiger partial charge in [0.05, 0.1) is 13.2 Å². The second-order valence-electron chi connectivity index (χ2n) is 5.68. The molecular weight excluding hydrogens is 314 g/mol. The summed E-state index contributed by atoms with van der Waals surface area (Å²) in [6.45, 7) is 1.28. The summed E-state index contributed by atoms with van der Waals surface area (Å²) in [5, 5.41) is 0. The Morgan fingerprint density at radius 3 is 2.65 bits per heavy atom. The smallest absolute Gasteiger partial charge is 0.244 e. The number of rotatable bonds is 4. The van der Waals surface area contributed by atoms with Crippen LogP contribution in [0.2, 0.25) is 0 Å². The monoisotopic (exact) mass is 331 g/mol. The van der Waals surface area contributed by atoms with E-state index in [-0.39, 0.29) is 11.4 Å². The van der Waals surface area contributed by atoms with Gasteiger partial charge in [0.15, 0.2) is 0 Å². The number of fused-ring (bicyclic) bond motifs is 2. The third kappa shape index (κ3) is 2.58. The van der Waals surface area contributed by atoms with E-state index in [9.17, 15) is 8.42 Å². The van der Waals surface area contributed by atoms with Crippen molar-refractivity contribution in [1.29, 1.82) is 0 Å². The van der Waals surface area contributed by atoms with E-state index >= 15 is 0 Å². The summed E-state index contributed by atoms with van der Waals surface area (Å²) in [4.78, 5) is 0.260. The second kappa shape index (κ2) is 5.54. The molecule has 0 saturated heterocycles. The molecule has 0 saturated carbocycles. The highest BCUT2D eigenvalue weighted by Crippen LogP contribution is 2.42. The Morgan fingerprint density at radius 1 is 1.04 bits per heavy atom. The minimum atomic E-state index is -3.66. The van der Waals surface area contributed by atoms with Gasteiger partial charge < -0.3 is 9.47 Å². The van der Waals surface area contributed by atoms with E-state index in [1.165, 1.54) is 0 Å². The van der Waals surface area contributed by atoms with Gasteiger partial charge in [-0.15, -0.1) is 0 Å². The zero-order valence-corrected chi connectivity index (χ0v) is 13.4. The van der Waals surface area contributed by atoms with Crippen molar-refractivity contribution in [3.63, 3.8) is 0 Å². The van der Waals surface area contributed by atoms with Gasteiger partial charge in [0.25, 0.3) is 0 Å². The third-order valence-corrected chi connectivity index (χ3v) is 5.67. The van der Waals surface area contributed by atoms with E-state index < -0.39 is 10.0 Å². The van der Waals surface area contributed by atoms with E-state index in [0.29, 0.717) is 37.6 Å². The van der Waals surface area contributed by atoms with Crippen LogP contribution in [0.25, 0.3) is 0 Å².